The van der Waals surface area contributed by atoms with Gasteiger partial charge in [-0.3, -0.25) is 0 Å². The Morgan fingerprint density at radius 3 is 2.50 bits per heavy atom. The topological polar surface area (TPSA) is 58.2 Å². The first-order valence-electron chi connectivity index (χ1n) is 6.54. The van der Waals surface area contributed by atoms with Gasteiger partial charge in [-0.2, -0.15) is 0 Å². The quantitative estimate of drug-likeness (QED) is 0.888. The minimum atomic E-state index is -3.46. The molecule has 0 aliphatic carbocycles. The molecule has 0 saturated heterocycles. The Kier molecular flexibility index (Phi) is 3.46. The molecule has 1 heterocycles. The molecule has 0 aromatic heterocycles. The number of anilines is 1. The Labute approximate surface area is 118 Å². The number of rotatable bonds is 2. The van der Waals surface area contributed by atoms with Crippen molar-refractivity contribution in [3.05, 3.63) is 60.2 Å². The average Bonchev–Trinajstić information content (AvgIpc) is 2.57. The van der Waals surface area contributed by atoms with Gasteiger partial charge in [0.25, 0.3) is 0 Å². The van der Waals surface area contributed by atoms with Crippen LogP contribution in [0.5, 0.6) is 0 Å². The fourth-order valence-corrected chi connectivity index (χ4v) is 3.84. The number of benzene rings is 2. The van der Waals surface area contributed by atoms with Crippen molar-refractivity contribution >= 4 is 15.7 Å². The first-order valence-corrected chi connectivity index (χ1v) is 8.03. The molecule has 1 aliphatic heterocycles. The van der Waals surface area contributed by atoms with Gasteiger partial charge < -0.3 is 5.32 Å². The van der Waals surface area contributed by atoms with Crippen LogP contribution in [0.3, 0.4) is 0 Å². The summed E-state index contributed by atoms with van der Waals surface area (Å²) in [6, 6.07) is 16.7. The van der Waals surface area contributed by atoms with Crippen molar-refractivity contribution in [2.45, 2.75) is 17.4 Å². The van der Waals surface area contributed by atoms with Crippen molar-refractivity contribution in [1.82, 2.24) is 4.72 Å². The van der Waals surface area contributed by atoms with Crippen molar-refractivity contribution in [3.63, 3.8) is 0 Å². The lowest BCUT2D eigenvalue weighted by atomic mass is 10.1. The summed E-state index contributed by atoms with van der Waals surface area (Å²) in [4.78, 5) is 0.315. The smallest absolute Gasteiger partial charge is 0.242 e. The van der Waals surface area contributed by atoms with Crippen LogP contribution in [0.2, 0.25) is 0 Å². The highest BCUT2D eigenvalue weighted by Gasteiger charge is 2.26. The fraction of sp³-hybridized carbons (Fsp3) is 0.200. The van der Waals surface area contributed by atoms with Crippen LogP contribution in [0.15, 0.2) is 59.5 Å². The van der Waals surface area contributed by atoms with Gasteiger partial charge in [-0.05, 0) is 24.1 Å². The molecule has 104 valence electrons. The molecule has 20 heavy (non-hydrogen) atoms. The molecular weight excluding hydrogens is 272 g/mol. The van der Waals surface area contributed by atoms with E-state index in [0.29, 0.717) is 23.5 Å². The van der Waals surface area contributed by atoms with Gasteiger partial charge in [0, 0.05) is 12.6 Å². The number of nitrogens with one attached hydrogen (secondary N) is 2. The zero-order valence-electron chi connectivity index (χ0n) is 10.9. The standard InChI is InChI=1S/C15H16N2O2S/c18-20(19)15-9-5-4-8-14(15)16-11-13(17-20)10-12-6-2-1-3-7-12/h1-9,13,16-17H,10-11H2. The lowest BCUT2D eigenvalue weighted by Crippen LogP contribution is -2.38. The third-order valence-electron chi connectivity index (χ3n) is 3.36. The zero-order valence-corrected chi connectivity index (χ0v) is 11.7. The summed E-state index contributed by atoms with van der Waals surface area (Å²) in [5.74, 6) is 0. The summed E-state index contributed by atoms with van der Waals surface area (Å²) in [5.41, 5.74) is 1.78. The van der Waals surface area contributed by atoms with Gasteiger partial charge in [0.2, 0.25) is 10.0 Å². The first kappa shape index (κ1) is 13.1. The van der Waals surface area contributed by atoms with Crippen molar-refractivity contribution in [1.29, 1.82) is 0 Å². The second-order valence-corrected chi connectivity index (χ2v) is 6.57. The molecular formula is C15H16N2O2S. The van der Waals surface area contributed by atoms with E-state index in [0.717, 1.165) is 5.56 Å². The van der Waals surface area contributed by atoms with Gasteiger partial charge in [-0.15, -0.1) is 0 Å². The third-order valence-corrected chi connectivity index (χ3v) is 4.94. The minimum Gasteiger partial charge on any atom is -0.382 e. The Morgan fingerprint density at radius 1 is 1.00 bits per heavy atom. The molecule has 0 saturated carbocycles. The monoisotopic (exact) mass is 288 g/mol. The van der Waals surface area contributed by atoms with E-state index in [9.17, 15) is 8.42 Å². The average molecular weight is 288 g/mol. The van der Waals surface area contributed by atoms with Crippen LogP contribution in [-0.4, -0.2) is 21.0 Å². The van der Waals surface area contributed by atoms with Crippen LogP contribution in [0.25, 0.3) is 0 Å². The van der Waals surface area contributed by atoms with Crippen LogP contribution in [0.1, 0.15) is 5.56 Å². The SMILES string of the molecule is O=S1(=O)NC(Cc2ccccc2)CNc2ccccc21. The second-order valence-electron chi connectivity index (χ2n) is 4.88. The van der Waals surface area contributed by atoms with Gasteiger partial charge in [0.1, 0.15) is 4.90 Å². The molecule has 0 amide bonds. The summed E-state index contributed by atoms with van der Waals surface area (Å²) in [5, 5.41) is 3.21. The van der Waals surface area contributed by atoms with Crippen LogP contribution in [-0.2, 0) is 16.4 Å². The minimum absolute atomic E-state index is 0.158. The summed E-state index contributed by atoms with van der Waals surface area (Å²) in [7, 11) is -3.46. The molecule has 0 fully saturated rings. The summed E-state index contributed by atoms with van der Waals surface area (Å²) in [6.45, 7) is 0.575. The normalized spacial score (nSPS) is 20.5. The molecule has 3 rings (SSSR count). The molecule has 0 bridgehead atoms. The highest BCUT2D eigenvalue weighted by molar-refractivity contribution is 7.89. The lowest BCUT2D eigenvalue weighted by molar-refractivity contribution is 0.558. The van der Waals surface area contributed by atoms with E-state index in [2.05, 4.69) is 10.0 Å². The molecule has 4 nitrogen and oxygen atoms in total. The Morgan fingerprint density at radius 2 is 1.70 bits per heavy atom. The molecule has 1 unspecified atom stereocenters. The Hall–Kier alpha value is -1.85. The first-order chi connectivity index (χ1) is 9.65. The number of para-hydroxylation sites is 1. The van der Waals surface area contributed by atoms with Gasteiger partial charge in [-0.25, -0.2) is 13.1 Å². The van der Waals surface area contributed by atoms with E-state index in [1.165, 1.54) is 0 Å². The van der Waals surface area contributed by atoms with Crippen LogP contribution in [0, 0.1) is 0 Å². The predicted molar refractivity (Wildman–Crippen MR) is 79.2 cm³/mol. The molecule has 0 spiro atoms. The van der Waals surface area contributed by atoms with E-state index in [1.807, 2.05) is 36.4 Å². The lowest BCUT2D eigenvalue weighted by Gasteiger charge is -2.15. The van der Waals surface area contributed by atoms with Crippen molar-refractivity contribution in [2.75, 3.05) is 11.9 Å². The molecule has 0 radical (unpaired) electrons. The number of hydrogen-bond donors (Lipinski definition) is 2. The predicted octanol–water partition coefficient (Wildman–Crippen LogP) is 2.00. The maximum Gasteiger partial charge on any atom is 0.242 e. The van der Waals surface area contributed by atoms with Crippen LogP contribution >= 0.6 is 0 Å². The van der Waals surface area contributed by atoms with Crippen molar-refractivity contribution in [2.24, 2.45) is 0 Å². The number of hydrogen-bond acceptors (Lipinski definition) is 3. The molecule has 1 aliphatic rings. The summed E-state index contributed by atoms with van der Waals surface area (Å²) < 4.78 is 27.5. The molecule has 2 aromatic carbocycles. The maximum atomic E-state index is 12.3. The molecule has 2 N–H and O–H groups in total. The Bertz CT molecular complexity index is 699. The van der Waals surface area contributed by atoms with Gasteiger partial charge in [0.15, 0.2) is 0 Å². The summed E-state index contributed by atoms with van der Waals surface area (Å²) >= 11 is 0. The molecule has 1 atom stereocenters. The van der Waals surface area contributed by atoms with Crippen molar-refractivity contribution in [3.8, 4) is 0 Å². The van der Waals surface area contributed by atoms with Crippen LogP contribution in [0.4, 0.5) is 5.69 Å². The van der Waals surface area contributed by atoms with E-state index in [4.69, 9.17) is 0 Å². The van der Waals surface area contributed by atoms with E-state index in [1.54, 1.807) is 18.2 Å². The fourth-order valence-electron chi connectivity index (χ4n) is 2.42. The van der Waals surface area contributed by atoms with E-state index < -0.39 is 10.0 Å². The van der Waals surface area contributed by atoms with E-state index >= 15 is 0 Å². The zero-order chi connectivity index (χ0) is 14.0. The summed E-state index contributed by atoms with van der Waals surface area (Å²) in [6.07, 6.45) is 0.668. The van der Waals surface area contributed by atoms with Crippen LogP contribution < -0.4 is 10.0 Å². The Balaban J connectivity index is 1.86. The van der Waals surface area contributed by atoms with E-state index in [-0.39, 0.29) is 6.04 Å². The van der Waals surface area contributed by atoms with Crippen molar-refractivity contribution < 1.29 is 8.42 Å². The highest BCUT2D eigenvalue weighted by Crippen LogP contribution is 2.23. The second kappa shape index (κ2) is 5.26. The number of fused-ring (bicyclic) bond motifs is 1. The largest absolute Gasteiger partial charge is 0.382 e. The van der Waals surface area contributed by atoms with Gasteiger partial charge >= 0.3 is 0 Å². The highest BCUT2D eigenvalue weighted by atomic mass is 32.2. The molecule has 2 aromatic rings. The number of sulfonamides is 1. The maximum absolute atomic E-state index is 12.3. The molecule has 5 heteroatoms. The third kappa shape index (κ3) is 2.69. The van der Waals surface area contributed by atoms with Gasteiger partial charge in [0.05, 0.1) is 5.69 Å². The van der Waals surface area contributed by atoms with Gasteiger partial charge in [-0.1, -0.05) is 42.5 Å².